The topological polar surface area (TPSA) is 59.6 Å². The molecule has 0 atom stereocenters. The van der Waals surface area contributed by atoms with Crippen molar-refractivity contribution in [3.8, 4) is 11.5 Å². The van der Waals surface area contributed by atoms with Gasteiger partial charge in [0, 0.05) is 11.8 Å². The van der Waals surface area contributed by atoms with E-state index in [4.69, 9.17) is 21.1 Å². The molecule has 0 bridgehead atoms. The van der Waals surface area contributed by atoms with Gasteiger partial charge in [0.05, 0.1) is 31.5 Å². The van der Waals surface area contributed by atoms with Crippen LogP contribution in [-0.4, -0.2) is 26.7 Å². The lowest BCUT2D eigenvalue weighted by atomic mass is 10.2. The zero-order chi connectivity index (χ0) is 16.8. The maximum Gasteiger partial charge on any atom is 0.243 e. The van der Waals surface area contributed by atoms with Crippen LogP contribution in [-0.2, 0) is 4.79 Å². The van der Waals surface area contributed by atoms with Crippen molar-refractivity contribution in [3.05, 3.63) is 47.2 Å². The van der Waals surface area contributed by atoms with Crippen LogP contribution in [0.5, 0.6) is 11.5 Å². The van der Waals surface area contributed by atoms with Crippen LogP contribution in [0.2, 0.25) is 5.02 Å². The van der Waals surface area contributed by atoms with E-state index < -0.39 is 5.82 Å². The Morgan fingerprint density at radius 2 is 1.96 bits per heavy atom. The first-order valence-electron chi connectivity index (χ1n) is 6.74. The van der Waals surface area contributed by atoms with Crippen molar-refractivity contribution in [2.75, 3.05) is 31.4 Å². The zero-order valence-electron chi connectivity index (χ0n) is 12.7. The first-order chi connectivity index (χ1) is 11.0. The van der Waals surface area contributed by atoms with Gasteiger partial charge >= 0.3 is 0 Å². The average molecular weight is 339 g/mol. The maximum absolute atomic E-state index is 13.1. The lowest BCUT2D eigenvalue weighted by molar-refractivity contribution is -0.114. The minimum atomic E-state index is -0.538. The van der Waals surface area contributed by atoms with E-state index in [-0.39, 0.29) is 17.5 Å². The lowest BCUT2D eigenvalue weighted by Gasteiger charge is -2.13. The number of hydrogen-bond donors (Lipinski definition) is 2. The quantitative estimate of drug-likeness (QED) is 0.845. The van der Waals surface area contributed by atoms with E-state index in [1.807, 2.05) is 0 Å². The molecule has 2 N–H and O–H groups in total. The number of halogens is 2. The summed E-state index contributed by atoms with van der Waals surface area (Å²) in [7, 11) is 3.09. The summed E-state index contributed by atoms with van der Waals surface area (Å²) in [6.45, 7) is -0.00147. The number of nitrogens with one attached hydrogen (secondary N) is 2. The third-order valence-electron chi connectivity index (χ3n) is 3.05. The highest BCUT2D eigenvalue weighted by atomic mass is 35.5. The molecule has 0 aromatic heterocycles. The highest BCUT2D eigenvalue weighted by Crippen LogP contribution is 2.28. The molecular formula is C16H16ClFN2O3. The molecule has 0 saturated heterocycles. The van der Waals surface area contributed by atoms with E-state index in [0.29, 0.717) is 22.9 Å². The largest absolute Gasteiger partial charge is 0.497 e. The highest BCUT2D eigenvalue weighted by Gasteiger charge is 2.08. The lowest BCUT2D eigenvalue weighted by Crippen LogP contribution is -2.22. The van der Waals surface area contributed by atoms with Crippen molar-refractivity contribution in [2.45, 2.75) is 0 Å². The van der Waals surface area contributed by atoms with Crippen LogP contribution in [0.15, 0.2) is 36.4 Å². The van der Waals surface area contributed by atoms with Gasteiger partial charge in [0.25, 0.3) is 0 Å². The van der Waals surface area contributed by atoms with Crippen LogP contribution in [0.25, 0.3) is 0 Å². The number of methoxy groups -OCH3 is 2. The standard InChI is InChI=1S/C16H16ClFN2O3/c1-22-11-4-6-15(23-2)14(8-11)19-9-16(21)20-10-3-5-13(18)12(17)7-10/h3-8,19H,9H2,1-2H3,(H,20,21). The second-order valence-corrected chi connectivity index (χ2v) is 5.00. The molecule has 0 unspecified atom stereocenters. The van der Waals surface area contributed by atoms with Crippen LogP contribution < -0.4 is 20.1 Å². The summed E-state index contributed by atoms with van der Waals surface area (Å²) in [5, 5.41) is 5.53. The Morgan fingerprint density at radius 3 is 2.61 bits per heavy atom. The summed E-state index contributed by atoms with van der Waals surface area (Å²) >= 11 is 5.67. The van der Waals surface area contributed by atoms with Gasteiger partial charge in [-0.3, -0.25) is 4.79 Å². The first kappa shape index (κ1) is 16.9. The summed E-state index contributed by atoms with van der Waals surface area (Å²) in [5.74, 6) is 0.379. The predicted octanol–water partition coefficient (Wildman–Crippen LogP) is 3.55. The number of benzene rings is 2. The fraction of sp³-hybridized carbons (Fsp3) is 0.188. The first-order valence-corrected chi connectivity index (χ1v) is 7.12. The van der Waals surface area contributed by atoms with E-state index in [0.717, 1.165) is 0 Å². The number of ether oxygens (including phenoxy) is 2. The molecule has 7 heteroatoms. The molecule has 2 aromatic rings. The van der Waals surface area contributed by atoms with Gasteiger partial charge in [0.15, 0.2) is 0 Å². The van der Waals surface area contributed by atoms with Crippen molar-refractivity contribution in [1.29, 1.82) is 0 Å². The van der Waals surface area contributed by atoms with Gasteiger partial charge in [0.1, 0.15) is 17.3 Å². The second-order valence-electron chi connectivity index (χ2n) is 4.60. The fourth-order valence-corrected chi connectivity index (χ4v) is 2.09. The summed E-state index contributed by atoms with van der Waals surface area (Å²) in [4.78, 5) is 12.0. The molecule has 2 aromatic carbocycles. The summed E-state index contributed by atoms with van der Waals surface area (Å²) < 4.78 is 23.4. The predicted molar refractivity (Wildman–Crippen MR) is 88.1 cm³/mol. The number of anilines is 2. The number of rotatable bonds is 6. The molecule has 0 aliphatic rings. The Labute approximate surface area is 138 Å². The van der Waals surface area contributed by atoms with Crippen molar-refractivity contribution < 1.29 is 18.7 Å². The Morgan fingerprint density at radius 1 is 1.17 bits per heavy atom. The van der Waals surface area contributed by atoms with Gasteiger partial charge in [-0.1, -0.05) is 11.6 Å². The van der Waals surface area contributed by atoms with Crippen molar-refractivity contribution >= 4 is 28.9 Å². The molecule has 0 aliphatic heterocycles. The Hall–Kier alpha value is -2.47. The van der Waals surface area contributed by atoms with E-state index in [9.17, 15) is 9.18 Å². The van der Waals surface area contributed by atoms with Gasteiger partial charge in [-0.05, 0) is 30.3 Å². The van der Waals surface area contributed by atoms with E-state index in [1.54, 1.807) is 25.3 Å². The summed E-state index contributed by atoms with van der Waals surface area (Å²) in [6, 6.07) is 9.19. The Kier molecular flexibility index (Phi) is 5.65. The van der Waals surface area contributed by atoms with Crippen molar-refractivity contribution in [3.63, 3.8) is 0 Å². The van der Waals surface area contributed by atoms with Crippen molar-refractivity contribution in [1.82, 2.24) is 0 Å². The maximum atomic E-state index is 13.1. The molecule has 0 saturated carbocycles. The molecular weight excluding hydrogens is 323 g/mol. The molecule has 5 nitrogen and oxygen atoms in total. The van der Waals surface area contributed by atoms with Gasteiger partial charge in [-0.15, -0.1) is 0 Å². The van der Waals surface area contributed by atoms with E-state index >= 15 is 0 Å². The van der Waals surface area contributed by atoms with Crippen LogP contribution in [0.3, 0.4) is 0 Å². The van der Waals surface area contributed by atoms with Gasteiger partial charge in [-0.25, -0.2) is 4.39 Å². The van der Waals surface area contributed by atoms with E-state index in [1.165, 1.54) is 25.3 Å². The number of hydrogen-bond acceptors (Lipinski definition) is 4. The molecule has 0 heterocycles. The van der Waals surface area contributed by atoms with Crippen LogP contribution >= 0.6 is 11.6 Å². The zero-order valence-corrected chi connectivity index (χ0v) is 13.4. The summed E-state index contributed by atoms with van der Waals surface area (Å²) in [6.07, 6.45) is 0. The Balaban J connectivity index is 2.00. The van der Waals surface area contributed by atoms with Crippen LogP contribution in [0, 0.1) is 5.82 Å². The molecule has 0 spiro atoms. The highest BCUT2D eigenvalue weighted by molar-refractivity contribution is 6.31. The molecule has 23 heavy (non-hydrogen) atoms. The van der Waals surface area contributed by atoms with E-state index in [2.05, 4.69) is 10.6 Å². The number of carbonyl (C=O) groups excluding carboxylic acids is 1. The minimum absolute atomic E-state index is 0.00147. The second kappa shape index (κ2) is 7.69. The minimum Gasteiger partial charge on any atom is -0.497 e. The van der Waals surface area contributed by atoms with Gasteiger partial charge in [-0.2, -0.15) is 0 Å². The molecule has 122 valence electrons. The SMILES string of the molecule is COc1ccc(OC)c(NCC(=O)Nc2ccc(F)c(Cl)c2)c1. The molecule has 1 amide bonds. The van der Waals surface area contributed by atoms with Gasteiger partial charge in [0.2, 0.25) is 5.91 Å². The monoisotopic (exact) mass is 338 g/mol. The molecule has 0 aliphatic carbocycles. The average Bonchev–Trinajstić information content (AvgIpc) is 2.56. The third kappa shape index (κ3) is 4.50. The Bertz CT molecular complexity index is 710. The summed E-state index contributed by atoms with van der Waals surface area (Å²) in [5.41, 5.74) is 1.04. The fourth-order valence-electron chi connectivity index (χ4n) is 1.91. The van der Waals surface area contributed by atoms with Gasteiger partial charge < -0.3 is 20.1 Å². The van der Waals surface area contributed by atoms with Crippen LogP contribution in [0.4, 0.5) is 15.8 Å². The van der Waals surface area contributed by atoms with Crippen molar-refractivity contribution in [2.24, 2.45) is 0 Å². The molecule has 0 fully saturated rings. The normalized spacial score (nSPS) is 10.1. The molecule has 2 rings (SSSR count). The van der Waals surface area contributed by atoms with Crippen LogP contribution in [0.1, 0.15) is 0 Å². The smallest absolute Gasteiger partial charge is 0.243 e. The number of carbonyl (C=O) groups is 1. The number of amides is 1. The third-order valence-corrected chi connectivity index (χ3v) is 3.34. The molecule has 0 radical (unpaired) electrons.